The van der Waals surface area contributed by atoms with Crippen LogP contribution in [-0.4, -0.2) is 58.4 Å². The lowest BCUT2D eigenvalue weighted by Gasteiger charge is -2.29. The molecule has 1 aromatic heterocycles. The molecule has 0 unspecified atom stereocenters. The standard InChI is InChI=1S/C28H40ClN3O4/c1-5-7-16-31(26(33)14-15-28(35)36-6-2)21-27(34)32(18-22(3)4)20-24-12-10-17-30(24)19-23-11-8-9-13-25(23)29/h8-13,17,22H,5-7,14-16,18-21H2,1-4H3. The molecule has 0 fully saturated rings. The summed E-state index contributed by atoms with van der Waals surface area (Å²) in [5, 5.41) is 0.708. The number of rotatable bonds is 15. The van der Waals surface area contributed by atoms with Gasteiger partial charge in [-0.1, -0.05) is 57.0 Å². The molecule has 0 bridgehead atoms. The first-order chi connectivity index (χ1) is 17.2. The van der Waals surface area contributed by atoms with Gasteiger partial charge in [0.15, 0.2) is 0 Å². The molecule has 0 N–H and O–H groups in total. The summed E-state index contributed by atoms with van der Waals surface area (Å²) < 4.78 is 7.04. The van der Waals surface area contributed by atoms with Gasteiger partial charge in [-0.15, -0.1) is 0 Å². The second-order valence-corrected chi connectivity index (χ2v) is 9.77. The zero-order valence-electron chi connectivity index (χ0n) is 22.0. The van der Waals surface area contributed by atoms with E-state index in [0.717, 1.165) is 24.1 Å². The molecule has 0 aliphatic rings. The quantitative estimate of drug-likeness (QED) is 0.306. The van der Waals surface area contributed by atoms with Crippen molar-refractivity contribution in [2.45, 2.75) is 66.5 Å². The Morgan fingerprint density at radius 3 is 2.42 bits per heavy atom. The van der Waals surface area contributed by atoms with E-state index in [-0.39, 0.29) is 43.7 Å². The van der Waals surface area contributed by atoms with Crippen LogP contribution < -0.4 is 0 Å². The van der Waals surface area contributed by atoms with Gasteiger partial charge < -0.3 is 19.1 Å². The van der Waals surface area contributed by atoms with Crippen LogP contribution in [0.25, 0.3) is 0 Å². The number of hydrogen-bond donors (Lipinski definition) is 0. The van der Waals surface area contributed by atoms with Crippen molar-refractivity contribution in [2.24, 2.45) is 5.92 Å². The van der Waals surface area contributed by atoms with E-state index < -0.39 is 5.97 Å². The Balaban J connectivity index is 2.13. The number of unbranched alkanes of at least 4 members (excludes halogenated alkanes) is 1. The molecule has 0 radical (unpaired) electrons. The molecule has 1 aromatic carbocycles. The maximum absolute atomic E-state index is 13.5. The number of ether oxygens (including phenoxy) is 1. The van der Waals surface area contributed by atoms with Crippen LogP contribution in [0.5, 0.6) is 0 Å². The first-order valence-corrected chi connectivity index (χ1v) is 13.2. The maximum atomic E-state index is 13.5. The van der Waals surface area contributed by atoms with Crippen molar-refractivity contribution < 1.29 is 19.1 Å². The third-order valence-corrected chi connectivity index (χ3v) is 6.19. The van der Waals surface area contributed by atoms with Crippen molar-refractivity contribution in [2.75, 3.05) is 26.2 Å². The second-order valence-electron chi connectivity index (χ2n) is 9.36. The van der Waals surface area contributed by atoms with Crippen LogP contribution in [0.2, 0.25) is 5.02 Å². The number of esters is 1. The molecule has 0 aliphatic carbocycles. The highest BCUT2D eigenvalue weighted by molar-refractivity contribution is 6.31. The number of amides is 2. The fraction of sp³-hybridized carbons (Fsp3) is 0.536. The monoisotopic (exact) mass is 517 g/mol. The van der Waals surface area contributed by atoms with E-state index in [1.165, 1.54) is 0 Å². The van der Waals surface area contributed by atoms with E-state index >= 15 is 0 Å². The van der Waals surface area contributed by atoms with Gasteiger partial charge in [0, 0.05) is 43.0 Å². The Morgan fingerprint density at radius 2 is 1.75 bits per heavy atom. The molecule has 2 amide bonds. The van der Waals surface area contributed by atoms with Crippen molar-refractivity contribution in [1.82, 2.24) is 14.4 Å². The average Bonchev–Trinajstić information content (AvgIpc) is 3.27. The molecule has 7 nitrogen and oxygen atoms in total. The highest BCUT2D eigenvalue weighted by atomic mass is 35.5. The minimum atomic E-state index is -0.395. The van der Waals surface area contributed by atoms with Crippen LogP contribution >= 0.6 is 11.6 Å². The van der Waals surface area contributed by atoms with Crippen LogP contribution in [0.15, 0.2) is 42.6 Å². The highest BCUT2D eigenvalue weighted by Gasteiger charge is 2.23. The van der Waals surface area contributed by atoms with Gasteiger partial charge in [-0.3, -0.25) is 14.4 Å². The number of carbonyl (C=O) groups is 3. The first kappa shape index (κ1) is 29.4. The number of halogens is 1. The third-order valence-electron chi connectivity index (χ3n) is 5.82. The van der Waals surface area contributed by atoms with E-state index in [1.807, 2.05) is 54.4 Å². The lowest BCUT2D eigenvalue weighted by molar-refractivity contribution is -0.146. The summed E-state index contributed by atoms with van der Waals surface area (Å²) in [5.41, 5.74) is 2.01. The van der Waals surface area contributed by atoms with Crippen LogP contribution in [0, 0.1) is 5.92 Å². The van der Waals surface area contributed by atoms with E-state index in [0.29, 0.717) is 31.2 Å². The maximum Gasteiger partial charge on any atom is 0.306 e. The minimum Gasteiger partial charge on any atom is -0.466 e. The lowest BCUT2D eigenvalue weighted by Crippen LogP contribution is -2.44. The molecule has 8 heteroatoms. The fourth-order valence-corrected chi connectivity index (χ4v) is 4.15. The molecule has 0 saturated carbocycles. The summed E-state index contributed by atoms with van der Waals surface area (Å²) in [5.74, 6) is -0.427. The summed E-state index contributed by atoms with van der Waals surface area (Å²) in [6.45, 7) is 10.3. The van der Waals surface area contributed by atoms with Gasteiger partial charge in [0.25, 0.3) is 0 Å². The molecule has 1 heterocycles. The predicted octanol–water partition coefficient (Wildman–Crippen LogP) is 5.15. The molecular weight excluding hydrogens is 478 g/mol. The average molecular weight is 518 g/mol. The number of aromatic nitrogens is 1. The normalized spacial score (nSPS) is 10.9. The zero-order valence-corrected chi connectivity index (χ0v) is 22.8. The van der Waals surface area contributed by atoms with E-state index in [2.05, 4.69) is 18.4 Å². The van der Waals surface area contributed by atoms with Crippen molar-refractivity contribution in [3.05, 3.63) is 58.9 Å². The Hall–Kier alpha value is -2.80. The van der Waals surface area contributed by atoms with Gasteiger partial charge in [-0.05, 0) is 43.0 Å². The number of hydrogen-bond acceptors (Lipinski definition) is 4. The Labute approximate surface area is 220 Å². The highest BCUT2D eigenvalue weighted by Crippen LogP contribution is 2.19. The molecule has 2 rings (SSSR count). The van der Waals surface area contributed by atoms with Crippen LogP contribution in [0.3, 0.4) is 0 Å². The van der Waals surface area contributed by atoms with Gasteiger partial charge in [0.05, 0.1) is 26.1 Å². The molecule has 0 saturated heterocycles. The van der Waals surface area contributed by atoms with Crippen LogP contribution in [0.1, 0.15) is 64.6 Å². The summed E-state index contributed by atoms with van der Waals surface area (Å²) in [6, 6.07) is 11.7. The fourth-order valence-electron chi connectivity index (χ4n) is 3.95. The van der Waals surface area contributed by atoms with Crippen molar-refractivity contribution >= 4 is 29.4 Å². The minimum absolute atomic E-state index is 0.000396. The summed E-state index contributed by atoms with van der Waals surface area (Å²) in [7, 11) is 0. The molecule has 198 valence electrons. The van der Waals surface area contributed by atoms with E-state index in [9.17, 15) is 14.4 Å². The summed E-state index contributed by atoms with van der Waals surface area (Å²) in [4.78, 5) is 41.5. The Morgan fingerprint density at radius 1 is 1.00 bits per heavy atom. The lowest BCUT2D eigenvalue weighted by atomic mass is 10.2. The van der Waals surface area contributed by atoms with Crippen molar-refractivity contribution in [1.29, 1.82) is 0 Å². The summed E-state index contributed by atoms with van der Waals surface area (Å²) >= 11 is 6.37. The van der Waals surface area contributed by atoms with Gasteiger partial charge in [0.2, 0.25) is 11.8 Å². The predicted molar refractivity (Wildman–Crippen MR) is 143 cm³/mol. The van der Waals surface area contributed by atoms with E-state index in [1.54, 1.807) is 11.8 Å². The van der Waals surface area contributed by atoms with Gasteiger partial charge in [0.1, 0.15) is 0 Å². The Bertz CT molecular complexity index is 989. The van der Waals surface area contributed by atoms with Crippen molar-refractivity contribution in [3.63, 3.8) is 0 Å². The second kappa shape index (κ2) is 15.3. The number of carbonyl (C=O) groups excluding carboxylic acids is 3. The topological polar surface area (TPSA) is 71.9 Å². The largest absolute Gasteiger partial charge is 0.466 e. The van der Waals surface area contributed by atoms with Gasteiger partial charge in [-0.25, -0.2) is 0 Å². The molecular formula is C28H40ClN3O4. The first-order valence-electron chi connectivity index (χ1n) is 12.8. The smallest absolute Gasteiger partial charge is 0.306 e. The van der Waals surface area contributed by atoms with Crippen molar-refractivity contribution in [3.8, 4) is 0 Å². The molecule has 0 aliphatic heterocycles. The van der Waals surface area contributed by atoms with Gasteiger partial charge in [-0.2, -0.15) is 0 Å². The van der Waals surface area contributed by atoms with Gasteiger partial charge >= 0.3 is 5.97 Å². The number of nitrogens with zero attached hydrogens (tertiary/aromatic N) is 3. The van der Waals surface area contributed by atoms with Crippen LogP contribution in [-0.2, 0) is 32.2 Å². The molecule has 36 heavy (non-hydrogen) atoms. The van der Waals surface area contributed by atoms with Crippen LogP contribution in [0.4, 0.5) is 0 Å². The van der Waals surface area contributed by atoms with E-state index in [4.69, 9.17) is 16.3 Å². The molecule has 0 spiro atoms. The summed E-state index contributed by atoms with van der Waals surface area (Å²) in [6.07, 6.45) is 3.75. The SMILES string of the molecule is CCCCN(CC(=O)N(Cc1cccn1Cc1ccccc1Cl)CC(C)C)C(=O)CCC(=O)OCC. The Kier molecular flexibility index (Phi) is 12.5. The number of benzene rings is 1. The third kappa shape index (κ3) is 9.69. The molecule has 2 aromatic rings. The molecule has 0 atom stereocenters. The zero-order chi connectivity index (χ0) is 26.5.